The zero-order valence-corrected chi connectivity index (χ0v) is 15.3. The number of hydrogen-bond donors (Lipinski definition) is 2. The molecule has 2 aromatic carbocycles. The number of hydrazone groups is 1. The van der Waals surface area contributed by atoms with Gasteiger partial charge < -0.3 is 24.7 Å². The van der Waals surface area contributed by atoms with Crippen molar-refractivity contribution in [1.29, 1.82) is 0 Å². The predicted octanol–water partition coefficient (Wildman–Crippen LogP) is 2.84. The molecular weight excluding hydrogens is 354 g/mol. The monoisotopic (exact) mass is 375 g/mol. The topological polar surface area (TPSA) is 115 Å². The normalized spacial score (nSPS) is 10.6. The number of nitro benzene ring substituents is 1. The van der Waals surface area contributed by atoms with Gasteiger partial charge >= 0.3 is 5.69 Å². The van der Waals surface area contributed by atoms with Gasteiger partial charge in [0.05, 0.1) is 38.5 Å². The third-order valence-corrected chi connectivity index (χ3v) is 3.61. The fourth-order valence-corrected chi connectivity index (χ4v) is 2.34. The van der Waals surface area contributed by atoms with E-state index in [4.69, 9.17) is 14.2 Å². The van der Waals surface area contributed by atoms with E-state index in [9.17, 15) is 15.2 Å². The van der Waals surface area contributed by atoms with Crippen molar-refractivity contribution in [2.24, 2.45) is 5.10 Å². The van der Waals surface area contributed by atoms with E-state index in [1.54, 1.807) is 27.2 Å². The average Bonchev–Trinajstić information content (AvgIpc) is 2.67. The van der Waals surface area contributed by atoms with Crippen LogP contribution in [0.3, 0.4) is 0 Å². The molecule has 0 aliphatic heterocycles. The van der Waals surface area contributed by atoms with Crippen LogP contribution in [0.15, 0.2) is 35.4 Å². The van der Waals surface area contributed by atoms with Gasteiger partial charge in [0, 0.05) is 11.6 Å². The number of ether oxygens (including phenoxy) is 3. The summed E-state index contributed by atoms with van der Waals surface area (Å²) >= 11 is 0. The van der Waals surface area contributed by atoms with Crippen LogP contribution in [0.25, 0.3) is 0 Å². The minimum Gasteiger partial charge on any atom is -0.500 e. The van der Waals surface area contributed by atoms with E-state index >= 15 is 0 Å². The third-order valence-electron chi connectivity index (χ3n) is 3.61. The largest absolute Gasteiger partial charge is 0.500 e. The highest BCUT2D eigenvalue weighted by atomic mass is 16.6. The minimum atomic E-state index is -0.674. The van der Waals surface area contributed by atoms with Crippen molar-refractivity contribution < 1.29 is 24.2 Å². The fourth-order valence-electron chi connectivity index (χ4n) is 2.34. The van der Waals surface area contributed by atoms with Crippen LogP contribution >= 0.6 is 0 Å². The first-order chi connectivity index (χ1) is 13.0. The van der Waals surface area contributed by atoms with E-state index in [-0.39, 0.29) is 12.4 Å². The molecule has 2 rings (SSSR count). The van der Waals surface area contributed by atoms with Gasteiger partial charge in [-0.25, -0.2) is 0 Å². The maximum Gasteiger partial charge on any atom is 0.315 e. The highest BCUT2D eigenvalue weighted by molar-refractivity contribution is 5.83. The second-order valence-corrected chi connectivity index (χ2v) is 5.36. The van der Waals surface area contributed by atoms with Crippen molar-refractivity contribution in [1.82, 2.24) is 5.43 Å². The highest BCUT2D eigenvalue weighted by Crippen LogP contribution is 2.36. The van der Waals surface area contributed by atoms with Gasteiger partial charge in [-0.05, 0) is 30.7 Å². The van der Waals surface area contributed by atoms with Crippen LogP contribution in [0.1, 0.15) is 18.1 Å². The summed E-state index contributed by atoms with van der Waals surface area (Å²) in [5, 5.41) is 25.0. The molecule has 2 N–H and O–H groups in total. The predicted molar refractivity (Wildman–Crippen MR) is 99.9 cm³/mol. The Morgan fingerprint density at radius 3 is 2.56 bits per heavy atom. The lowest BCUT2D eigenvalue weighted by Gasteiger charge is -2.09. The highest BCUT2D eigenvalue weighted by Gasteiger charge is 2.19. The van der Waals surface area contributed by atoms with Crippen LogP contribution in [0.2, 0.25) is 0 Å². The molecule has 0 fully saturated rings. The van der Waals surface area contributed by atoms with Crippen molar-refractivity contribution in [3.63, 3.8) is 0 Å². The maximum absolute atomic E-state index is 11.1. The summed E-state index contributed by atoms with van der Waals surface area (Å²) in [5.74, 6) is 0.770. The van der Waals surface area contributed by atoms with Crippen LogP contribution in [0, 0.1) is 10.1 Å². The Bertz CT molecular complexity index is 838. The molecule has 0 atom stereocenters. The van der Waals surface area contributed by atoms with E-state index in [1.807, 2.05) is 12.1 Å². The molecule has 0 heterocycles. The number of phenolic OH excluding ortho intramolecular Hbond substituents is 1. The summed E-state index contributed by atoms with van der Waals surface area (Å²) in [7, 11) is 3.12. The van der Waals surface area contributed by atoms with Gasteiger partial charge in [-0.1, -0.05) is 6.07 Å². The van der Waals surface area contributed by atoms with Crippen molar-refractivity contribution >= 4 is 11.9 Å². The number of benzene rings is 2. The third kappa shape index (κ3) is 5.00. The van der Waals surface area contributed by atoms with Crippen molar-refractivity contribution in [2.75, 3.05) is 20.8 Å². The molecule has 0 radical (unpaired) electrons. The first-order valence-corrected chi connectivity index (χ1v) is 8.11. The van der Waals surface area contributed by atoms with Gasteiger partial charge in [-0.2, -0.15) is 5.10 Å². The molecule has 0 aliphatic rings. The molecule has 0 amide bonds. The second kappa shape index (κ2) is 9.27. The molecule has 0 spiro atoms. The molecular formula is C18H21N3O6. The molecule has 0 aromatic heterocycles. The molecule has 2 aromatic rings. The van der Waals surface area contributed by atoms with Crippen LogP contribution in [0.5, 0.6) is 23.0 Å². The Balaban J connectivity index is 2.11. The summed E-state index contributed by atoms with van der Waals surface area (Å²) in [6, 6.07) is 8.17. The van der Waals surface area contributed by atoms with E-state index in [0.717, 1.165) is 5.56 Å². The van der Waals surface area contributed by atoms with Crippen LogP contribution in [-0.4, -0.2) is 37.1 Å². The molecule has 0 unspecified atom stereocenters. The number of aromatic hydroxyl groups is 1. The van der Waals surface area contributed by atoms with Crippen molar-refractivity contribution in [3.8, 4) is 23.0 Å². The van der Waals surface area contributed by atoms with E-state index in [1.165, 1.54) is 18.3 Å². The van der Waals surface area contributed by atoms with Gasteiger partial charge in [0.15, 0.2) is 17.2 Å². The zero-order chi connectivity index (χ0) is 19.8. The van der Waals surface area contributed by atoms with Crippen molar-refractivity contribution in [3.05, 3.63) is 51.6 Å². The summed E-state index contributed by atoms with van der Waals surface area (Å²) in [4.78, 5) is 10.4. The Hall–Kier alpha value is -3.49. The molecule has 0 aliphatic carbocycles. The van der Waals surface area contributed by atoms with Crippen LogP contribution < -0.4 is 19.6 Å². The van der Waals surface area contributed by atoms with Gasteiger partial charge in [-0.3, -0.25) is 10.1 Å². The first-order valence-electron chi connectivity index (χ1n) is 8.11. The Labute approximate surface area is 156 Å². The Morgan fingerprint density at radius 2 is 1.93 bits per heavy atom. The smallest absolute Gasteiger partial charge is 0.315 e. The minimum absolute atomic E-state index is 0.0352. The van der Waals surface area contributed by atoms with Crippen molar-refractivity contribution in [2.45, 2.75) is 13.5 Å². The maximum atomic E-state index is 11.1. The summed E-state index contributed by atoms with van der Waals surface area (Å²) < 4.78 is 15.7. The molecule has 9 nitrogen and oxygen atoms in total. The number of nitrogens with one attached hydrogen (secondary N) is 1. The van der Waals surface area contributed by atoms with Crippen LogP contribution in [0.4, 0.5) is 5.69 Å². The van der Waals surface area contributed by atoms with E-state index in [0.29, 0.717) is 23.6 Å². The molecule has 27 heavy (non-hydrogen) atoms. The quantitative estimate of drug-likeness (QED) is 0.393. The summed E-state index contributed by atoms with van der Waals surface area (Å²) in [6.45, 7) is 2.40. The molecule has 0 bridgehead atoms. The number of nitro groups is 1. The Kier molecular flexibility index (Phi) is 6.81. The number of phenols is 1. The number of hydrogen-bond acceptors (Lipinski definition) is 8. The van der Waals surface area contributed by atoms with Gasteiger partial charge in [0.1, 0.15) is 0 Å². The second-order valence-electron chi connectivity index (χ2n) is 5.36. The number of nitrogens with zero attached hydrogens (tertiary/aromatic N) is 2. The summed E-state index contributed by atoms with van der Waals surface area (Å²) in [5.41, 5.74) is 3.74. The van der Waals surface area contributed by atoms with Gasteiger partial charge in [-0.15, -0.1) is 0 Å². The average molecular weight is 375 g/mol. The molecule has 144 valence electrons. The first kappa shape index (κ1) is 19.8. The SMILES string of the molecule is CCOc1cc(/C=N\NCc2ccc(OC)c(OC)c2)cc([N+](=O)[O-])c1O. The van der Waals surface area contributed by atoms with E-state index in [2.05, 4.69) is 10.5 Å². The number of rotatable bonds is 9. The van der Waals surface area contributed by atoms with Crippen LogP contribution in [-0.2, 0) is 6.54 Å². The van der Waals surface area contributed by atoms with Gasteiger partial charge in [0.2, 0.25) is 5.75 Å². The lowest BCUT2D eigenvalue weighted by Crippen LogP contribution is -2.06. The standard InChI is InChI=1S/C18H21N3O6/c1-4-27-17-9-13(7-14(18(17)22)21(23)24)11-20-19-10-12-5-6-15(25-2)16(8-12)26-3/h5-9,11,19,22H,4,10H2,1-3H3/b20-11-. The molecule has 0 saturated carbocycles. The molecule has 9 heteroatoms. The zero-order valence-electron chi connectivity index (χ0n) is 15.3. The lowest BCUT2D eigenvalue weighted by molar-refractivity contribution is -0.386. The number of methoxy groups -OCH3 is 2. The summed E-state index contributed by atoms with van der Waals surface area (Å²) in [6.07, 6.45) is 1.41. The molecule has 0 saturated heterocycles. The van der Waals surface area contributed by atoms with Gasteiger partial charge in [0.25, 0.3) is 0 Å². The Morgan fingerprint density at radius 1 is 1.19 bits per heavy atom. The lowest BCUT2D eigenvalue weighted by atomic mass is 10.2. The van der Waals surface area contributed by atoms with E-state index < -0.39 is 16.4 Å². The fraction of sp³-hybridized carbons (Fsp3) is 0.278.